The molecular formula is C12H12ClNO. The number of fused-ring (bicyclic) bond motifs is 1. The average Bonchev–Trinajstić information content (AvgIpc) is 2.19. The molecule has 0 atom stereocenters. The van der Waals surface area contributed by atoms with E-state index in [1.165, 1.54) is 0 Å². The molecule has 0 unspecified atom stereocenters. The van der Waals surface area contributed by atoms with E-state index < -0.39 is 0 Å². The van der Waals surface area contributed by atoms with E-state index in [2.05, 4.69) is 11.1 Å². The van der Waals surface area contributed by atoms with E-state index in [4.69, 9.17) is 16.3 Å². The van der Waals surface area contributed by atoms with Gasteiger partial charge in [0.05, 0.1) is 12.1 Å². The monoisotopic (exact) mass is 221 g/mol. The number of nitrogens with zero attached hydrogens (tertiary/aromatic N) is 1. The van der Waals surface area contributed by atoms with Crippen molar-refractivity contribution in [1.82, 2.24) is 4.98 Å². The van der Waals surface area contributed by atoms with Gasteiger partial charge in [-0.05, 0) is 36.2 Å². The molecule has 0 radical (unpaired) electrons. The normalized spacial score (nSPS) is 10.9. The SMILES string of the molecule is COCc1ccc2nc(Cl)cc(C)c2c1. The summed E-state index contributed by atoms with van der Waals surface area (Å²) in [7, 11) is 1.69. The third-order valence-corrected chi connectivity index (χ3v) is 2.55. The smallest absolute Gasteiger partial charge is 0.130 e. The Hall–Kier alpha value is -1.12. The number of methoxy groups -OCH3 is 1. The van der Waals surface area contributed by atoms with Crippen LogP contribution in [0.2, 0.25) is 5.15 Å². The first-order valence-electron chi connectivity index (χ1n) is 4.75. The number of hydrogen-bond donors (Lipinski definition) is 0. The highest BCUT2D eigenvalue weighted by molar-refractivity contribution is 6.29. The maximum atomic E-state index is 5.89. The fraction of sp³-hybridized carbons (Fsp3) is 0.250. The van der Waals surface area contributed by atoms with Crippen molar-refractivity contribution in [2.24, 2.45) is 0 Å². The standard InChI is InChI=1S/C12H12ClNO/c1-8-5-12(13)14-11-4-3-9(7-15-2)6-10(8)11/h3-6H,7H2,1-2H3. The molecule has 0 fully saturated rings. The minimum Gasteiger partial charge on any atom is -0.380 e. The molecule has 1 aromatic heterocycles. The maximum Gasteiger partial charge on any atom is 0.130 e. The van der Waals surface area contributed by atoms with Gasteiger partial charge in [-0.1, -0.05) is 17.7 Å². The minimum atomic E-state index is 0.541. The molecule has 0 bridgehead atoms. The second kappa shape index (κ2) is 4.17. The zero-order valence-corrected chi connectivity index (χ0v) is 9.51. The summed E-state index contributed by atoms with van der Waals surface area (Å²) in [5.41, 5.74) is 3.22. The topological polar surface area (TPSA) is 22.1 Å². The van der Waals surface area contributed by atoms with Gasteiger partial charge < -0.3 is 4.74 Å². The second-order valence-corrected chi connectivity index (χ2v) is 3.93. The number of rotatable bonds is 2. The van der Waals surface area contributed by atoms with E-state index in [1.54, 1.807) is 7.11 Å². The van der Waals surface area contributed by atoms with E-state index in [0.717, 1.165) is 22.0 Å². The van der Waals surface area contributed by atoms with Crippen LogP contribution in [0, 0.1) is 6.92 Å². The lowest BCUT2D eigenvalue weighted by molar-refractivity contribution is 0.185. The van der Waals surface area contributed by atoms with Crippen LogP contribution in [0.5, 0.6) is 0 Å². The van der Waals surface area contributed by atoms with Gasteiger partial charge in [0.25, 0.3) is 0 Å². The van der Waals surface area contributed by atoms with Crippen LogP contribution < -0.4 is 0 Å². The fourth-order valence-electron chi connectivity index (χ4n) is 1.66. The summed E-state index contributed by atoms with van der Waals surface area (Å²) < 4.78 is 5.09. The van der Waals surface area contributed by atoms with Gasteiger partial charge >= 0.3 is 0 Å². The molecule has 0 aliphatic heterocycles. The number of pyridine rings is 1. The third-order valence-electron chi connectivity index (χ3n) is 2.36. The quantitative estimate of drug-likeness (QED) is 0.726. The van der Waals surface area contributed by atoms with E-state index in [1.807, 2.05) is 25.1 Å². The van der Waals surface area contributed by atoms with Crippen LogP contribution in [0.15, 0.2) is 24.3 Å². The Labute approximate surface area is 93.8 Å². The fourth-order valence-corrected chi connectivity index (χ4v) is 1.91. The first-order chi connectivity index (χ1) is 7.20. The summed E-state index contributed by atoms with van der Waals surface area (Å²) in [6.45, 7) is 2.66. The van der Waals surface area contributed by atoms with Crippen molar-refractivity contribution in [3.63, 3.8) is 0 Å². The van der Waals surface area contributed by atoms with Gasteiger partial charge in [-0.2, -0.15) is 0 Å². The summed E-state index contributed by atoms with van der Waals surface area (Å²) in [6.07, 6.45) is 0. The summed E-state index contributed by atoms with van der Waals surface area (Å²) in [6, 6.07) is 7.95. The van der Waals surface area contributed by atoms with Crippen LogP contribution in [0.4, 0.5) is 0 Å². The van der Waals surface area contributed by atoms with Gasteiger partial charge in [0.2, 0.25) is 0 Å². The number of aryl methyl sites for hydroxylation is 1. The Kier molecular flexibility index (Phi) is 2.89. The lowest BCUT2D eigenvalue weighted by atomic mass is 10.1. The molecule has 2 rings (SSSR count). The summed E-state index contributed by atoms with van der Waals surface area (Å²) >= 11 is 5.89. The second-order valence-electron chi connectivity index (χ2n) is 3.55. The van der Waals surface area contributed by atoms with Crippen LogP contribution in [0.3, 0.4) is 0 Å². The molecule has 0 amide bonds. The van der Waals surface area contributed by atoms with Crippen LogP contribution in [0.25, 0.3) is 10.9 Å². The Morgan fingerprint density at radius 3 is 2.87 bits per heavy atom. The van der Waals surface area contributed by atoms with Crippen LogP contribution in [0.1, 0.15) is 11.1 Å². The van der Waals surface area contributed by atoms with Gasteiger partial charge in [-0.25, -0.2) is 4.98 Å². The van der Waals surface area contributed by atoms with E-state index in [0.29, 0.717) is 11.8 Å². The molecule has 2 aromatic rings. The van der Waals surface area contributed by atoms with Gasteiger partial charge in [0.15, 0.2) is 0 Å². The van der Waals surface area contributed by atoms with Gasteiger partial charge in [0.1, 0.15) is 5.15 Å². The Morgan fingerprint density at radius 1 is 1.33 bits per heavy atom. The number of benzene rings is 1. The molecule has 0 spiro atoms. The predicted molar refractivity (Wildman–Crippen MR) is 62.2 cm³/mol. The number of ether oxygens (including phenoxy) is 1. The Bertz CT molecular complexity index is 496. The number of halogens is 1. The molecule has 78 valence electrons. The lowest BCUT2D eigenvalue weighted by Gasteiger charge is -2.05. The van der Waals surface area contributed by atoms with Crippen molar-refractivity contribution in [3.05, 3.63) is 40.5 Å². The molecule has 15 heavy (non-hydrogen) atoms. The van der Waals surface area contributed by atoms with Crippen molar-refractivity contribution in [2.45, 2.75) is 13.5 Å². The molecule has 3 heteroatoms. The minimum absolute atomic E-state index is 0.541. The summed E-state index contributed by atoms with van der Waals surface area (Å²) in [5, 5.41) is 1.67. The molecule has 1 aromatic carbocycles. The first kappa shape index (κ1) is 10.4. The molecule has 0 saturated carbocycles. The van der Waals surface area contributed by atoms with Crippen molar-refractivity contribution in [2.75, 3.05) is 7.11 Å². The molecule has 0 saturated heterocycles. The highest BCUT2D eigenvalue weighted by Crippen LogP contribution is 2.21. The molecular weight excluding hydrogens is 210 g/mol. The largest absolute Gasteiger partial charge is 0.380 e. The zero-order valence-electron chi connectivity index (χ0n) is 8.75. The van der Waals surface area contributed by atoms with E-state index >= 15 is 0 Å². The zero-order chi connectivity index (χ0) is 10.8. The van der Waals surface area contributed by atoms with Crippen molar-refractivity contribution >= 4 is 22.5 Å². The predicted octanol–water partition coefficient (Wildman–Crippen LogP) is 3.34. The third kappa shape index (κ3) is 2.11. The molecule has 0 N–H and O–H groups in total. The van der Waals surface area contributed by atoms with Crippen molar-refractivity contribution < 1.29 is 4.74 Å². The van der Waals surface area contributed by atoms with Crippen molar-refractivity contribution in [3.8, 4) is 0 Å². The first-order valence-corrected chi connectivity index (χ1v) is 5.13. The Balaban J connectivity index is 2.60. The number of aromatic nitrogens is 1. The molecule has 0 aliphatic rings. The highest BCUT2D eigenvalue weighted by atomic mass is 35.5. The highest BCUT2D eigenvalue weighted by Gasteiger charge is 2.02. The Morgan fingerprint density at radius 2 is 2.13 bits per heavy atom. The maximum absolute atomic E-state index is 5.89. The molecule has 0 aliphatic carbocycles. The summed E-state index contributed by atoms with van der Waals surface area (Å²) in [4.78, 5) is 4.26. The molecule has 1 heterocycles. The number of hydrogen-bond acceptors (Lipinski definition) is 2. The van der Waals surface area contributed by atoms with Gasteiger partial charge in [0, 0.05) is 12.5 Å². The lowest BCUT2D eigenvalue weighted by Crippen LogP contribution is -1.90. The average molecular weight is 222 g/mol. The van der Waals surface area contributed by atoms with E-state index in [-0.39, 0.29) is 0 Å². The van der Waals surface area contributed by atoms with Crippen LogP contribution >= 0.6 is 11.6 Å². The van der Waals surface area contributed by atoms with Crippen LogP contribution in [-0.4, -0.2) is 12.1 Å². The van der Waals surface area contributed by atoms with Gasteiger partial charge in [-0.3, -0.25) is 0 Å². The van der Waals surface area contributed by atoms with Crippen molar-refractivity contribution in [1.29, 1.82) is 0 Å². The molecule has 2 nitrogen and oxygen atoms in total. The van der Waals surface area contributed by atoms with E-state index in [9.17, 15) is 0 Å². The summed E-state index contributed by atoms with van der Waals surface area (Å²) in [5.74, 6) is 0. The van der Waals surface area contributed by atoms with Crippen LogP contribution in [-0.2, 0) is 11.3 Å². The van der Waals surface area contributed by atoms with Gasteiger partial charge in [-0.15, -0.1) is 0 Å².